The summed E-state index contributed by atoms with van der Waals surface area (Å²) in [5, 5.41) is 6.09. The molecule has 0 aliphatic rings. The van der Waals surface area contributed by atoms with Crippen LogP contribution < -0.4 is 15.5 Å². The molecule has 0 aliphatic carbocycles. The lowest BCUT2D eigenvalue weighted by atomic mass is 10.1. The monoisotopic (exact) mass is 427 g/mol. The maximum Gasteiger partial charge on any atom is 0.286 e. The highest BCUT2D eigenvalue weighted by Crippen LogP contribution is 2.29. The van der Waals surface area contributed by atoms with Crippen LogP contribution >= 0.6 is 0 Å². The highest BCUT2D eigenvalue weighted by Gasteiger charge is 2.23. The highest BCUT2D eigenvalue weighted by atomic mass is 16.5. The van der Waals surface area contributed by atoms with E-state index in [0.29, 0.717) is 17.0 Å². The van der Waals surface area contributed by atoms with E-state index in [9.17, 15) is 4.79 Å². The third-order valence-electron chi connectivity index (χ3n) is 5.41. The molecule has 0 aliphatic heterocycles. The van der Waals surface area contributed by atoms with Crippen LogP contribution in [0.1, 0.15) is 16.1 Å². The first kappa shape index (κ1) is 21.1. The Bertz CT molecular complexity index is 1300. The predicted molar refractivity (Wildman–Crippen MR) is 129 cm³/mol. The van der Waals surface area contributed by atoms with Gasteiger partial charge in [0.05, 0.1) is 11.4 Å². The van der Waals surface area contributed by atoms with Crippen LogP contribution in [-0.4, -0.2) is 38.2 Å². The summed E-state index contributed by atoms with van der Waals surface area (Å²) in [5.74, 6) is -0.0388. The number of aromatic nitrogens is 1. The molecule has 4 rings (SSSR count). The van der Waals surface area contributed by atoms with Gasteiger partial charge in [-0.1, -0.05) is 41.6 Å². The average Bonchev–Trinajstić information content (AvgIpc) is 3.19. The lowest BCUT2D eigenvalue weighted by molar-refractivity contribution is 0.100. The van der Waals surface area contributed by atoms with Gasteiger partial charge in [-0.3, -0.25) is 4.79 Å². The molecule has 0 radical (unpaired) electrons. The molecule has 0 fully saturated rings. The molecular weight excluding hydrogens is 402 g/mol. The summed E-state index contributed by atoms with van der Waals surface area (Å²) in [4.78, 5) is 21.0. The summed E-state index contributed by atoms with van der Waals surface area (Å²) in [6.07, 6.45) is 0. The molecule has 0 atom stereocenters. The number of amides is 1. The van der Waals surface area contributed by atoms with Crippen molar-refractivity contribution < 1.29 is 9.32 Å². The van der Waals surface area contributed by atoms with Gasteiger partial charge in [0.15, 0.2) is 5.76 Å². The van der Waals surface area contributed by atoms with E-state index >= 15 is 0 Å². The van der Waals surface area contributed by atoms with Crippen molar-refractivity contribution in [3.05, 3.63) is 78.0 Å². The van der Waals surface area contributed by atoms with E-state index in [1.165, 1.54) is 0 Å². The molecule has 0 saturated carbocycles. The summed E-state index contributed by atoms with van der Waals surface area (Å²) >= 11 is 0. The summed E-state index contributed by atoms with van der Waals surface area (Å²) < 4.78 is 5.48. The number of anilines is 2. The molecule has 0 unspecified atom stereocenters. The molecule has 2 N–H and O–H groups in total. The van der Waals surface area contributed by atoms with Crippen molar-refractivity contribution in [3.63, 3.8) is 0 Å². The fourth-order valence-electron chi connectivity index (χ4n) is 3.59. The second-order valence-electron chi connectivity index (χ2n) is 7.75. The minimum Gasteiger partial charge on any atom is -0.378 e. The van der Waals surface area contributed by atoms with Gasteiger partial charge in [-0.05, 0) is 42.6 Å². The topological polar surface area (TPSA) is 88.0 Å². The minimum absolute atomic E-state index is 0.0841. The van der Waals surface area contributed by atoms with E-state index in [4.69, 9.17) is 10.3 Å². The number of hydrogen-bond donors (Lipinski definition) is 1. The van der Waals surface area contributed by atoms with Gasteiger partial charge in [-0.2, -0.15) is 4.99 Å². The van der Waals surface area contributed by atoms with Crippen LogP contribution in [0, 0.1) is 6.92 Å². The van der Waals surface area contributed by atoms with Gasteiger partial charge in [0, 0.05) is 37.8 Å². The first-order valence-corrected chi connectivity index (χ1v) is 10.2. The Morgan fingerprint density at radius 3 is 2.38 bits per heavy atom. The number of fused-ring (bicyclic) bond motifs is 1. The van der Waals surface area contributed by atoms with Crippen molar-refractivity contribution in [2.45, 2.75) is 6.92 Å². The number of nitrogens with zero attached hydrogens (tertiary/aromatic N) is 4. The molecule has 1 amide bonds. The van der Waals surface area contributed by atoms with Gasteiger partial charge in [-0.15, -0.1) is 0 Å². The van der Waals surface area contributed by atoms with E-state index in [1.54, 1.807) is 18.9 Å². The number of carbonyl (C=O) groups excluding carboxylic acids is 1. The number of carbonyl (C=O) groups is 1. The molecule has 3 aromatic carbocycles. The van der Waals surface area contributed by atoms with Gasteiger partial charge in [0.25, 0.3) is 5.91 Å². The van der Waals surface area contributed by atoms with Crippen LogP contribution in [0.3, 0.4) is 0 Å². The Kier molecular flexibility index (Phi) is 5.64. The van der Waals surface area contributed by atoms with Crippen LogP contribution in [-0.2, 0) is 0 Å². The van der Waals surface area contributed by atoms with Crippen LogP contribution in [0.15, 0.2) is 76.2 Å². The standard InChI is InChI=1S/C25H25N5O2/c1-16-22(23(32-28-16)18-12-14-19(15-13-18)29(2)3)24(31)27-25(26)30(4)21-11-7-9-17-8-5-6-10-20(17)21/h5-15H,1-4H3,(H2,26,27,31). The van der Waals surface area contributed by atoms with E-state index < -0.39 is 5.91 Å². The van der Waals surface area contributed by atoms with Crippen LogP contribution in [0.2, 0.25) is 0 Å². The molecular formula is C25H25N5O2. The normalized spacial score (nSPS) is 11.6. The first-order valence-electron chi connectivity index (χ1n) is 10.2. The molecule has 0 bridgehead atoms. The number of hydrogen-bond acceptors (Lipinski definition) is 4. The van der Waals surface area contributed by atoms with Crippen LogP contribution in [0.4, 0.5) is 11.4 Å². The largest absolute Gasteiger partial charge is 0.378 e. The number of benzene rings is 3. The van der Waals surface area contributed by atoms with Crippen molar-refractivity contribution >= 4 is 34.0 Å². The predicted octanol–water partition coefficient (Wildman–Crippen LogP) is 4.46. The maximum atomic E-state index is 13.1. The van der Waals surface area contributed by atoms with Crippen molar-refractivity contribution in [1.29, 1.82) is 0 Å². The summed E-state index contributed by atoms with van der Waals surface area (Å²) in [6, 6.07) is 21.6. The number of rotatable bonds is 4. The number of aliphatic imine (C=N–C) groups is 1. The number of aryl methyl sites for hydroxylation is 1. The van der Waals surface area contributed by atoms with Crippen LogP contribution in [0.25, 0.3) is 22.1 Å². The van der Waals surface area contributed by atoms with Crippen molar-refractivity contribution in [1.82, 2.24) is 5.16 Å². The molecule has 1 aromatic heterocycles. The molecule has 162 valence electrons. The SMILES string of the molecule is Cc1noc(-c2ccc(N(C)C)cc2)c1C(=O)N=C(N)N(C)c1cccc2ccccc12. The molecule has 7 nitrogen and oxygen atoms in total. The first-order chi connectivity index (χ1) is 15.4. The summed E-state index contributed by atoms with van der Waals surface area (Å²) in [6.45, 7) is 1.72. The van der Waals surface area contributed by atoms with Gasteiger partial charge in [-0.25, -0.2) is 0 Å². The average molecular weight is 428 g/mol. The molecule has 0 saturated heterocycles. The lowest BCUT2D eigenvalue weighted by Crippen LogP contribution is -2.34. The quantitative estimate of drug-likeness (QED) is 0.382. The molecule has 4 aromatic rings. The van der Waals surface area contributed by atoms with Gasteiger partial charge < -0.3 is 20.1 Å². The zero-order chi connectivity index (χ0) is 22.8. The zero-order valence-electron chi connectivity index (χ0n) is 18.5. The summed E-state index contributed by atoms with van der Waals surface area (Å²) in [5.41, 5.74) is 9.65. The highest BCUT2D eigenvalue weighted by molar-refractivity contribution is 6.11. The van der Waals surface area contributed by atoms with E-state index in [0.717, 1.165) is 27.7 Å². The fraction of sp³-hybridized carbons (Fsp3) is 0.160. The smallest absolute Gasteiger partial charge is 0.286 e. The van der Waals surface area contributed by atoms with E-state index in [2.05, 4.69) is 10.1 Å². The number of nitrogens with two attached hydrogens (primary N) is 1. The van der Waals surface area contributed by atoms with Gasteiger partial charge in [0.2, 0.25) is 5.96 Å². The van der Waals surface area contributed by atoms with E-state index in [-0.39, 0.29) is 5.96 Å². The van der Waals surface area contributed by atoms with Crippen LogP contribution in [0.5, 0.6) is 0 Å². The van der Waals surface area contributed by atoms with Gasteiger partial charge in [0.1, 0.15) is 5.56 Å². The second-order valence-corrected chi connectivity index (χ2v) is 7.75. The van der Waals surface area contributed by atoms with Crippen molar-refractivity contribution in [2.75, 3.05) is 30.9 Å². The van der Waals surface area contributed by atoms with Crippen molar-refractivity contribution in [3.8, 4) is 11.3 Å². The zero-order valence-corrected chi connectivity index (χ0v) is 18.5. The van der Waals surface area contributed by atoms with E-state index in [1.807, 2.05) is 85.7 Å². The molecule has 7 heteroatoms. The van der Waals surface area contributed by atoms with Crippen molar-refractivity contribution in [2.24, 2.45) is 10.7 Å². The Labute approximate surface area is 186 Å². The Morgan fingerprint density at radius 1 is 0.969 bits per heavy atom. The molecule has 0 spiro atoms. The maximum absolute atomic E-state index is 13.1. The Morgan fingerprint density at radius 2 is 1.66 bits per heavy atom. The third kappa shape index (κ3) is 3.92. The molecule has 32 heavy (non-hydrogen) atoms. The lowest BCUT2D eigenvalue weighted by Gasteiger charge is -2.20. The summed E-state index contributed by atoms with van der Waals surface area (Å²) in [7, 11) is 5.72. The minimum atomic E-state index is -0.500. The number of guanidine groups is 1. The molecule has 1 heterocycles. The Balaban J connectivity index is 1.67. The third-order valence-corrected chi connectivity index (χ3v) is 5.41. The second kappa shape index (κ2) is 8.55. The fourth-order valence-corrected chi connectivity index (χ4v) is 3.59. The Hall–Kier alpha value is -4.13. The van der Waals surface area contributed by atoms with Gasteiger partial charge >= 0.3 is 0 Å².